The average molecular weight is 258 g/mol. The van der Waals surface area contributed by atoms with Crippen molar-refractivity contribution in [3.63, 3.8) is 0 Å². The second-order valence-corrected chi connectivity index (χ2v) is 5.05. The Hall–Kier alpha value is -1.81. The van der Waals surface area contributed by atoms with E-state index in [0.29, 0.717) is 6.61 Å². The van der Waals surface area contributed by atoms with Crippen molar-refractivity contribution in [2.45, 2.75) is 31.5 Å². The number of fused-ring (bicyclic) bond motifs is 2. The Bertz CT molecular complexity index is 474. The molecule has 4 nitrogen and oxygen atoms in total. The van der Waals surface area contributed by atoms with E-state index in [1.54, 1.807) is 5.06 Å². The number of piperidine rings is 1. The summed E-state index contributed by atoms with van der Waals surface area (Å²) in [6, 6.07) is 10.2. The van der Waals surface area contributed by atoms with E-state index < -0.39 is 0 Å². The second-order valence-electron chi connectivity index (χ2n) is 5.05. The number of amides is 2. The van der Waals surface area contributed by atoms with Gasteiger partial charge in [-0.05, 0) is 18.4 Å². The molecule has 2 heterocycles. The van der Waals surface area contributed by atoms with E-state index in [2.05, 4.69) is 6.58 Å². The van der Waals surface area contributed by atoms with Crippen LogP contribution in [0, 0.1) is 0 Å². The number of urea groups is 1. The van der Waals surface area contributed by atoms with Crippen LogP contribution in [0.4, 0.5) is 4.79 Å². The molecule has 2 saturated heterocycles. The van der Waals surface area contributed by atoms with Crippen LogP contribution < -0.4 is 0 Å². The highest BCUT2D eigenvalue weighted by atomic mass is 16.7. The van der Waals surface area contributed by atoms with E-state index in [1.165, 1.54) is 0 Å². The minimum Gasteiger partial charge on any atom is -0.314 e. The van der Waals surface area contributed by atoms with Gasteiger partial charge in [-0.15, -0.1) is 6.58 Å². The summed E-state index contributed by atoms with van der Waals surface area (Å²) in [7, 11) is 0. The molecular formula is C15H18N2O2. The zero-order valence-corrected chi connectivity index (χ0v) is 10.9. The smallest absolute Gasteiger partial charge is 0.314 e. The van der Waals surface area contributed by atoms with Crippen molar-refractivity contribution in [2.24, 2.45) is 0 Å². The molecule has 2 aliphatic heterocycles. The molecular weight excluding hydrogens is 240 g/mol. The van der Waals surface area contributed by atoms with Gasteiger partial charge in [-0.1, -0.05) is 36.4 Å². The molecule has 2 atom stereocenters. The first-order valence-corrected chi connectivity index (χ1v) is 6.69. The predicted molar refractivity (Wildman–Crippen MR) is 72.2 cm³/mol. The Morgan fingerprint density at radius 2 is 2.11 bits per heavy atom. The van der Waals surface area contributed by atoms with Gasteiger partial charge in [-0.25, -0.2) is 4.79 Å². The van der Waals surface area contributed by atoms with Gasteiger partial charge >= 0.3 is 6.03 Å². The number of benzene rings is 1. The highest BCUT2D eigenvalue weighted by Crippen LogP contribution is 2.30. The van der Waals surface area contributed by atoms with Gasteiger partial charge in [-0.3, -0.25) is 4.84 Å². The zero-order chi connectivity index (χ0) is 13.2. The number of hydrogen-bond donors (Lipinski definition) is 0. The van der Waals surface area contributed by atoms with Crippen molar-refractivity contribution < 1.29 is 9.63 Å². The Labute approximate surface area is 113 Å². The summed E-state index contributed by atoms with van der Waals surface area (Å²) in [6.07, 6.45) is 3.81. The van der Waals surface area contributed by atoms with Gasteiger partial charge in [0.05, 0.1) is 12.1 Å². The standard InChI is InChI=1S/C15H18N2O2/c1-2-13-8-9-14-10-16(13)15(18)17(14)19-11-12-6-4-3-5-7-12/h2-7,13-14H,1,8-11H2/t13-,14-/m1/s1. The molecule has 100 valence electrons. The maximum Gasteiger partial charge on any atom is 0.344 e. The fourth-order valence-electron chi connectivity index (χ4n) is 2.79. The molecule has 0 radical (unpaired) electrons. The molecule has 2 aliphatic rings. The molecule has 2 amide bonds. The van der Waals surface area contributed by atoms with Crippen LogP contribution >= 0.6 is 0 Å². The Morgan fingerprint density at radius 3 is 2.84 bits per heavy atom. The molecule has 2 bridgehead atoms. The van der Waals surface area contributed by atoms with E-state index in [0.717, 1.165) is 24.9 Å². The van der Waals surface area contributed by atoms with Crippen molar-refractivity contribution in [1.29, 1.82) is 0 Å². The Balaban J connectivity index is 1.66. The normalized spacial score (nSPS) is 25.8. The highest BCUT2D eigenvalue weighted by Gasteiger charge is 2.44. The SMILES string of the molecule is C=C[C@@H]1CC[C@@H]2CN1C(=O)N2OCc1ccccc1. The maximum absolute atomic E-state index is 12.3. The molecule has 0 saturated carbocycles. The molecule has 2 fully saturated rings. The fraction of sp³-hybridized carbons (Fsp3) is 0.400. The van der Waals surface area contributed by atoms with E-state index in [-0.39, 0.29) is 18.1 Å². The predicted octanol–water partition coefficient (Wildman–Crippen LogP) is 2.57. The van der Waals surface area contributed by atoms with E-state index in [4.69, 9.17) is 4.84 Å². The molecule has 0 aliphatic carbocycles. The van der Waals surface area contributed by atoms with Crippen molar-refractivity contribution in [1.82, 2.24) is 9.96 Å². The minimum absolute atomic E-state index is 0.0247. The van der Waals surface area contributed by atoms with Crippen LogP contribution in [0.3, 0.4) is 0 Å². The topological polar surface area (TPSA) is 32.8 Å². The quantitative estimate of drug-likeness (QED) is 0.778. The second kappa shape index (κ2) is 5.05. The summed E-state index contributed by atoms with van der Waals surface area (Å²) >= 11 is 0. The van der Waals surface area contributed by atoms with Crippen molar-refractivity contribution in [3.8, 4) is 0 Å². The molecule has 4 heteroatoms. The highest BCUT2D eigenvalue weighted by molar-refractivity contribution is 5.77. The lowest BCUT2D eigenvalue weighted by atomic mass is 10.0. The molecule has 1 aromatic rings. The average Bonchev–Trinajstić information content (AvgIpc) is 2.71. The molecule has 0 aromatic heterocycles. The maximum atomic E-state index is 12.3. The number of nitrogens with zero attached hydrogens (tertiary/aromatic N) is 2. The monoisotopic (exact) mass is 258 g/mol. The Morgan fingerprint density at radius 1 is 1.32 bits per heavy atom. The lowest BCUT2D eigenvalue weighted by Crippen LogP contribution is -2.38. The first-order valence-electron chi connectivity index (χ1n) is 6.69. The van der Waals surface area contributed by atoms with E-state index in [9.17, 15) is 4.79 Å². The van der Waals surface area contributed by atoms with Crippen LogP contribution in [-0.2, 0) is 11.4 Å². The summed E-state index contributed by atoms with van der Waals surface area (Å²) in [5.41, 5.74) is 1.08. The van der Waals surface area contributed by atoms with E-state index in [1.807, 2.05) is 41.3 Å². The lowest BCUT2D eigenvalue weighted by Gasteiger charge is -2.27. The van der Waals surface area contributed by atoms with Gasteiger partial charge in [0, 0.05) is 6.54 Å². The largest absolute Gasteiger partial charge is 0.344 e. The molecule has 19 heavy (non-hydrogen) atoms. The van der Waals surface area contributed by atoms with Crippen molar-refractivity contribution in [2.75, 3.05) is 6.54 Å². The minimum atomic E-state index is -0.0247. The number of hydroxylamine groups is 2. The number of carbonyl (C=O) groups is 1. The van der Waals surface area contributed by atoms with Gasteiger partial charge < -0.3 is 4.90 Å². The summed E-state index contributed by atoms with van der Waals surface area (Å²) in [4.78, 5) is 19.8. The zero-order valence-electron chi connectivity index (χ0n) is 10.9. The molecule has 0 spiro atoms. The first-order chi connectivity index (χ1) is 9.29. The third-order valence-electron chi connectivity index (χ3n) is 3.85. The summed E-state index contributed by atoms with van der Waals surface area (Å²) in [5.74, 6) is 0. The van der Waals surface area contributed by atoms with Crippen LogP contribution in [0.5, 0.6) is 0 Å². The van der Waals surface area contributed by atoms with Gasteiger partial charge in [-0.2, -0.15) is 5.06 Å². The van der Waals surface area contributed by atoms with Crippen LogP contribution in [0.1, 0.15) is 18.4 Å². The van der Waals surface area contributed by atoms with Crippen molar-refractivity contribution in [3.05, 3.63) is 48.6 Å². The third-order valence-corrected chi connectivity index (χ3v) is 3.85. The molecule has 0 N–H and O–H groups in total. The van der Waals surface area contributed by atoms with Gasteiger partial charge in [0.25, 0.3) is 0 Å². The van der Waals surface area contributed by atoms with E-state index >= 15 is 0 Å². The van der Waals surface area contributed by atoms with Crippen LogP contribution in [0.15, 0.2) is 43.0 Å². The van der Waals surface area contributed by atoms with Gasteiger partial charge in [0.2, 0.25) is 0 Å². The Kier molecular flexibility index (Phi) is 3.25. The van der Waals surface area contributed by atoms with Gasteiger partial charge in [0.1, 0.15) is 6.61 Å². The fourth-order valence-corrected chi connectivity index (χ4v) is 2.79. The van der Waals surface area contributed by atoms with Crippen LogP contribution in [-0.4, -0.2) is 34.6 Å². The molecule has 1 aromatic carbocycles. The van der Waals surface area contributed by atoms with Crippen LogP contribution in [0.2, 0.25) is 0 Å². The number of rotatable bonds is 4. The summed E-state index contributed by atoms with van der Waals surface area (Å²) < 4.78 is 0. The van der Waals surface area contributed by atoms with Crippen LogP contribution in [0.25, 0.3) is 0 Å². The molecule has 0 unspecified atom stereocenters. The van der Waals surface area contributed by atoms with Crippen molar-refractivity contribution >= 4 is 6.03 Å². The first kappa shape index (κ1) is 12.2. The summed E-state index contributed by atoms with van der Waals surface area (Å²) in [6.45, 7) is 5.00. The summed E-state index contributed by atoms with van der Waals surface area (Å²) in [5, 5.41) is 1.55. The lowest BCUT2D eigenvalue weighted by molar-refractivity contribution is -0.140. The number of hydrogen-bond acceptors (Lipinski definition) is 2. The van der Waals surface area contributed by atoms with Gasteiger partial charge in [0.15, 0.2) is 0 Å². The third kappa shape index (κ3) is 2.24. The molecule has 3 rings (SSSR count). The number of carbonyl (C=O) groups excluding carboxylic acids is 1.